The Balaban J connectivity index is 1.50. The van der Waals surface area contributed by atoms with Gasteiger partial charge in [-0.25, -0.2) is 0 Å². The van der Waals surface area contributed by atoms with Crippen molar-refractivity contribution in [1.29, 1.82) is 0 Å². The van der Waals surface area contributed by atoms with Gasteiger partial charge in [0, 0.05) is 12.1 Å². The minimum absolute atomic E-state index is 0.573. The lowest BCUT2D eigenvalue weighted by molar-refractivity contribution is 0.452. The van der Waals surface area contributed by atoms with E-state index >= 15 is 0 Å². The molecular weight excluding hydrogens is 364 g/mol. The van der Waals surface area contributed by atoms with Crippen molar-refractivity contribution in [3.63, 3.8) is 0 Å². The maximum Gasteiger partial charge on any atom is 0.150 e. The van der Waals surface area contributed by atoms with Gasteiger partial charge in [-0.1, -0.05) is 36.4 Å². The van der Waals surface area contributed by atoms with Gasteiger partial charge < -0.3 is 25.7 Å². The van der Waals surface area contributed by atoms with E-state index in [4.69, 9.17) is 25.7 Å². The van der Waals surface area contributed by atoms with Crippen LogP contribution in [0.15, 0.2) is 97.1 Å². The standard InChI is InChI=1S/C24H20N2O3/c25-21-11-1-3-13-23(21)28-19-9-5-7-17(15-19)27-18-8-6-10-20(16-18)29-24-14-4-2-12-22(24)26/h1-16H,25-26H2. The Morgan fingerprint density at radius 2 is 0.793 bits per heavy atom. The average molecular weight is 384 g/mol. The Bertz CT molecular complexity index is 1040. The van der Waals surface area contributed by atoms with Crippen molar-refractivity contribution in [1.82, 2.24) is 0 Å². The Morgan fingerprint density at radius 1 is 0.414 bits per heavy atom. The number of hydrogen-bond donors (Lipinski definition) is 2. The fourth-order valence-electron chi connectivity index (χ4n) is 2.74. The molecule has 0 amide bonds. The van der Waals surface area contributed by atoms with E-state index in [1.807, 2.05) is 72.8 Å². The highest BCUT2D eigenvalue weighted by Gasteiger charge is 2.06. The van der Waals surface area contributed by atoms with Crippen LogP contribution in [0.1, 0.15) is 0 Å². The van der Waals surface area contributed by atoms with E-state index in [0.717, 1.165) is 0 Å². The van der Waals surface area contributed by atoms with Crippen molar-refractivity contribution < 1.29 is 14.2 Å². The predicted octanol–water partition coefficient (Wildman–Crippen LogP) is 6.23. The molecule has 0 atom stereocenters. The first-order chi connectivity index (χ1) is 14.2. The maximum absolute atomic E-state index is 5.97. The number of nitrogens with two attached hydrogens (primary N) is 2. The lowest BCUT2D eigenvalue weighted by atomic mass is 10.3. The summed E-state index contributed by atoms with van der Waals surface area (Å²) in [5.41, 5.74) is 13.0. The number of benzene rings is 4. The number of para-hydroxylation sites is 4. The molecule has 0 aliphatic rings. The second-order valence-corrected chi connectivity index (χ2v) is 6.33. The Hall–Kier alpha value is -4.12. The average Bonchev–Trinajstić information content (AvgIpc) is 2.72. The van der Waals surface area contributed by atoms with Crippen molar-refractivity contribution in [2.24, 2.45) is 0 Å². The second kappa shape index (κ2) is 8.27. The van der Waals surface area contributed by atoms with Gasteiger partial charge in [-0.2, -0.15) is 0 Å². The van der Waals surface area contributed by atoms with Gasteiger partial charge in [0.15, 0.2) is 0 Å². The van der Waals surface area contributed by atoms with Gasteiger partial charge >= 0.3 is 0 Å². The molecule has 0 fully saturated rings. The van der Waals surface area contributed by atoms with Gasteiger partial charge in [0.2, 0.25) is 0 Å². The Morgan fingerprint density at radius 3 is 1.21 bits per heavy atom. The molecule has 29 heavy (non-hydrogen) atoms. The summed E-state index contributed by atoms with van der Waals surface area (Å²) in [5, 5.41) is 0. The van der Waals surface area contributed by atoms with Crippen molar-refractivity contribution in [3.05, 3.63) is 97.1 Å². The zero-order chi connectivity index (χ0) is 20.1. The second-order valence-electron chi connectivity index (χ2n) is 6.33. The lowest BCUT2D eigenvalue weighted by Gasteiger charge is -2.12. The molecule has 0 spiro atoms. The molecule has 0 radical (unpaired) electrons. The van der Waals surface area contributed by atoms with E-state index in [-0.39, 0.29) is 0 Å². The quantitative estimate of drug-likeness (QED) is 0.385. The topological polar surface area (TPSA) is 79.7 Å². The molecule has 144 valence electrons. The molecule has 5 nitrogen and oxygen atoms in total. The molecule has 0 heterocycles. The van der Waals surface area contributed by atoms with Crippen LogP contribution < -0.4 is 25.7 Å². The lowest BCUT2D eigenvalue weighted by Crippen LogP contribution is -1.93. The van der Waals surface area contributed by atoms with Crippen LogP contribution in [0.5, 0.6) is 34.5 Å². The summed E-state index contributed by atoms with van der Waals surface area (Å²) in [4.78, 5) is 0. The summed E-state index contributed by atoms with van der Waals surface area (Å²) in [6.07, 6.45) is 0. The summed E-state index contributed by atoms with van der Waals surface area (Å²) in [7, 11) is 0. The summed E-state index contributed by atoms with van der Waals surface area (Å²) in [6, 6.07) is 29.4. The summed E-state index contributed by atoms with van der Waals surface area (Å²) < 4.78 is 17.7. The number of rotatable bonds is 6. The van der Waals surface area contributed by atoms with Crippen LogP contribution in [0, 0.1) is 0 Å². The number of hydrogen-bond acceptors (Lipinski definition) is 5. The van der Waals surface area contributed by atoms with Crippen molar-refractivity contribution >= 4 is 11.4 Å². The van der Waals surface area contributed by atoms with Gasteiger partial charge in [-0.15, -0.1) is 0 Å². The van der Waals surface area contributed by atoms with Crippen LogP contribution in [0.3, 0.4) is 0 Å². The van der Waals surface area contributed by atoms with Crippen LogP contribution in [-0.4, -0.2) is 0 Å². The van der Waals surface area contributed by atoms with Crippen LogP contribution in [0.2, 0.25) is 0 Å². The number of nitrogen functional groups attached to an aromatic ring is 2. The molecular formula is C24H20N2O3. The Kier molecular flexibility index (Phi) is 5.21. The fourth-order valence-corrected chi connectivity index (χ4v) is 2.74. The van der Waals surface area contributed by atoms with Crippen LogP contribution in [-0.2, 0) is 0 Å². The third kappa shape index (κ3) is 4.59. The van der Waals surface area contributed by atoms with E-state index in [9.17, 15) is 0 Å². The van der Waals surface area contributed by atoms with E-state index in [1.165, 1.54) is 0 Å². The van der Waals surface area contributed by atoms with Crippen LogP contribution in [0.4, 0.5) is 11.4 Å². The number of anilines is 2. The summed E-state index contributed by atoms with van der Waals surface area (Å²) in [5.74, 6) is 3.72. The minimum Gasteiger partial charge on any atom is -0.457 e. The van der Waals surface area contributed by atoms with E-state index in [2.05, 4.69) is 0 Å². The smallest absolute Gasteiger partial charge is 0.150 e. The Labute approximate surface area is 169 Å². The molecule has 0 unspecified atom stereocenters. The first kappa shape index (κ1) is 18.3. The highest BCUT2D eigenvalue weighted by atomic mass is 16.5. The molecule has 0 saturated heterocycles. The maximum atomic E-state index is 5.97. The van der Waals surface area contributed by atoms with Gasteiger partial charge in [0.1, 0.15) is 34.5 Å². The van der Waals surface area contributed by atoms with Crippen molar-refractivity contribution in [2.75, 3.05) is 11.5 Å². The normalized spacial score (nSPS) is 10.3. The highest BCUT2D eigenvalue weighted by molar-refractivity contribution is 5.55. The van der Waals surface area contributed by atoms with Crippen LogP contribution >= 0.6 is 0 Å². The zero-order valence-corrected chi connectivity index (χ0v) is 15.6. The predicted molar refractivity (Wildman–Crippen MR) is 115 cm³/mol. The first-order valence-electron chi connectivity index (χ1n) is 9.10. The molecule has 4 aromatic rings. The number of ether oxygens (including phenoxy) is 3. The molecule has 0 aliphatic heterocycles. The monoisotopic (exact) mass is 384 g/mol. The third-order valence-electron chi connectivity index (χ3n) is 4.14. The molecule has 4 rings (SSSR count). The summed E-state index contributed by atoms with van der Waals surface area (Å²) >= 11 is 0. The molecule has 4 N–H and O–H groups in total. The van der Waals surface area contributed by atoms with Crippen molar-refractivity contribution in [2.45, 2.75) is 0 Å². The van der Waals surface area contributed by atoms with Gasteiger partial charge in [-0.3, -0.25) is 0 Å². The molecule has 4 aromatic carbocycles. The molecule has 0 aliphatic carbocycles. The highest BCUT2D eigenvalue weighted by Crippen LogP contribution is 2.33. The van der Waals surface area contributed by atoms with Gasteiger partial charge in [-0.05, 0) is 48.5 Å². The molecule has 0 aromatic heterocycles. The largest absolute Gasteiger partial charge is 0.457 e. The zero-order valence-electron chi connectivity index (χ0n) is 15.6. The molecule has 0 bridgehead atoms. The van der Waals surface area contributed by atoms with Crippen molar-refractivity contribution in [3.8, 4) is 34.5 Å². The first-order valence-corrected chi connectivity index (χ1v) is 9.10. The molecule has 5 heteroatoms. The SMILES string of the molecule is Nc1ccccc1Oc1cccc(Oc2cccc(Oc3ccccc3N)c2)c1. The van der Waals surface area contributed by atoms with Gasteiger partial charge in [0.05, 0.1) is 11.4 Å². The third-order valence-corrected chi connectivity index (χ3v) is 4.14. The van der Waals surface area contributed by atoms with Crippen LogP contribution in [0.25, 0.3) is 0 Å². The fraction of sp³-hybridized carbons (Fsp3) is 0. The van der Waals surface area contributed by atoms with E-state index < -0.39 is 0 Å². The molecule has 0 saturated carbocycles. The van der Waals surface area contributed by atoms with Gasteiger partial charge in [0.25, 0.3) is 0 Å². The minimum atomic E-state index is 0.573. The summed E-state index contributed by atoms with van der Waals surface area (Å²) in [6.45, 7) is 0. The van der Waals surface area contributed by atoms with E-state index in [0.29, 0.717) is 45.9 Å². The van der Waals surface area contributed by atoms with E-state index in [1.54, 1.807) is 24.3 Å².